The monoisotopic (exact) mass is 446 g/mol. The Morgan fingerprint density at radius 1 is 1.24 bits per heavy atom. The first-order chi connectivity index (χ1) is 15.9. The van der Waals surface area contributed by atoms with Crippen LogP contribution in [-0.4, -0.2) is 46.0 Å². The molecule has 1 atom stereocenters. The molecule has 1 saturated heterocycles. The number of carbonyl (C=O) groups is 2. The van der Waals surface area contributed by atoms with Crippen molar-refractivity contribution in [1.82, 2.24) is 19.8 Å². The van der Waals surface area contributed by atoms with Gasteiger partial charge in [-0.3, -0.25) is 9.59 Å². The SMILES string of the molecule is CNC(=O)c1c(C)oc2cc(Oc3ccnn4cc(C(=O)N5CCC[C@H]5C)c(C)c34)ccc12. The number of nitrogens with one attached hydrogen (secondary N) is 1. The molecular weight excluding hydrogens is 420 g/mol. The fourth-order valence-electron chi connectivity index (χ4n) is 4.71. The summed E-state index contributed by atoms with van der Waals surface area (Å²) in [5.41, 5.74) is 3.31. The average molecular weight is 447 g/mol. The van der Waals surface area contributed by atoms with Crippen LogP contribution in [0.5, 0.6) is 11.5 Å². The van der Waals surface area contributed by atoms with E-state index in [4.69, 9.17) is 9.15 Å². The summed E-state index contributed by atoms with van der Waals surface area (Å²) in [6.45, 7) is 6.56. The van der Waals surface area contributed by atoms with Crippen LogP contribution < -0.4 is 10.1 Å². The quantitative estimate of drug-likeness (QED) is 0.500. The number of fused-ring (bicyclic) bond motifs is 2. The summed E-state index contributed by atoms with van der Waals surface area (Å²) in [5, 5.41) is 7.76. The Morgan fingerprint density at radius 3 is 2.79 bits per heavy atom. The van der Waals surface area contributed by atoms with Gasteiger partial charge in [0.2, 0.25) is 0 Å². The first kappa shape index (κ1) is 21.1. The van der Waals surface area contributed by atoms with Crippen LogP contribution in [-0.2, 0) is 0 Å². The van der Waals surface area contributed by atoms with Gasteiger partial charge in [-0.1, -0.05) is 0 Å². The second kappa shape index (κ2) is 7.95. The van der Waals surface area contributed by atoms with Crippen molar-refractivity contribution in [3.8, 4) is 11.5 Å². The smallest absolute Gasteiger partial charge is 0.256 e. The highest BCUT2D eigenvalue weighted by molar-refractivity contribution is 6.07. The zero-order valence-corrected chi connectivity index (χ0v) is 19.1. The lowest BCUT2D eigenvalue weighted by Crippen LogP contribution is -2.33. The van der Waals surface area contributed by atoms with Gasteiger partial charge in [-0.05, 0) is 51.3 Å². The summed E-state index contributed by atoms with van der Waals surface area (Å²) < 4.78 is 13.7. The van der Waals surface area contributed by atoms with E-state index < -0.39 is 0 Å². The number of hydrogen-bond acceptors (Lipinski definition) is 5. The van der Waals surface area contributed by atoms with E-state index in [2.05, 4.69) is 17.3 Å². The van der Waals surface area contributed by atoms with E-state index in [-0.39, 0.29) is 17.9 Å². The molecule has 0 aliphatic carbocycles. The van der Waals surface area contributed by atoms with Crippen molar-refractivity contribution >= 4 is 28.3 Å². The van der Waals surface area contributed by atoms with Crippen molar-refractivity contribution in [3.05, 3.63) is 59.1 Å². The van der Waals surface area contributed by atoms with Gasteiger partial charge in [-0.25, -0.2) is 4.52 Å². The van der Waals surface area contributed by atoms with Crippen LogP contribution in [0.4, 0.5) is 0 Å². The van der Waals surface area contributed by atoms with E-state index in [1.165, 1.54) is 0 Å². The Hall–Kier alpha value is -3.81. The van der Waals surface area contributed by atoms with E-state index in [0.717, 1.165) is 35.9 Å². The van der Waals surface area contributed by atoms with Crippen LogP contribution in [0.15, 0.2) is 41.1 Å². The van der Waals surface area contributed by atoms with Gasteiger partial charge in [0, 0.05) is 43.4 Å². The van der Waals surface area contributed by atoms with Gasteiger partial charge in [0.25, 0.3) is 11.8 Å². The molecule has 1 aliphatic rings. The summed E-state index contributed by atoms with van der Waals surface area (Å²) in [4.78, 5) is 27.3. The molecular formula is C25H26N4O4. The highest BCUT2D eigenvalue weighted by atomic mass is 16.5. The summed E-state index contributed by atoms with van der Waals surface area (Å²) in [6, 6.07) is 7.41. The molecule has 0 bridgehead atoms. The molecule has 0 saturated carbocycles. The molecule has 3 aromatic heterocycles. The highest BCUT2D eigenvalue weighted by Gasteiger charge is 2.29. The maximum Gasteiger partial charge on any atom is 0.256 e. The van der Waals surface area contributed by atoms with Crippen LogP contribution in [0.3, 0.4) is 0 Å². The van der Waals surface area contributed by atoms with Crippen molar-refractivity contribution in [2.45, 2.75) is 39.7 Å². The van der Waals surface area contributed by atoms with Gasteiger partial charge < -0.3 is 19.4 Å². The fourth-order valence-corrected chi connectivity index (χ4v) is 4.71. The van der Waals surface area contributed by atoms with Gasteiger partial charge in [0.1, 0.15) is 22.6 Å². The molecule has 1 aliphatic heterocycles. The number of rotatable bonds is 4. The average Bonchev–Trinajstić information content (AvgIpc) is 3.47. The van der Waals surface area contributed by atoms with Gasteiger partial charge in [-0.2, -0.15) is 5.10 Å². The van der Waals surface area contributed by atoms with Crippen molar-refractivity contribution < 1.29 is 18.7 Å². The molecule has 1 fully saturated rings. The molecule has 8 heteroatoms. The first-order valence-corrected chi connectivity index (χ1v) is 11.1. The van der Waals surface area contributed by atoms with E-state index in [1.807, 2.05) is 17.9 Å². The van der Waals surface area contributed by atoms with Crippen LogP contribution in [0, 0.1) is 13.8 Å². The molecule has 33 heavy (non-hydrogen) atoms. The number of likely N-dealkylation sites (tertiary alicyclic amines) is 1. The lowest BCUT2D eigenvalue weighted by molar-refractivity contribution is 0.0746. The van der Waals surface area contributed by atoms with Crippen molar-refractivity contribution in [2.24, 2.45) is 0 Å². The third-order valence-corrected chi connectivity index (χ3v) is 6.45. The zero-order chi connectivity index (χ0) is 23.3. The molecule has 0 spiro atoms. The van der Waals surface area contributed by atoms with Gasteiger partial charge in [0.05, 0.1) is 17.3 Å². The Kier molecular flexibility index (Phi) is 5.08. The minimum absolute atomic E-state index is 0.0307. The second-order valence-corrected chi connectivity index (χ2v) is 8.52. The van der Waals surface area contributed by atoms with E-state index in [0.29, 0.717) is 34.0 Å². The molecule has 4 aromatic rings. The maximum atomic E-state index is 13.2. The Balaban J connectivity index is 1.52. The van der Waals surface area contributed by atoms with Gasteiger partial charge in [-0.15, -0.1) is 0 Å². The Labute approximate surface area is 191 Å². The Bertz CT molecular complexity index is 1400. The summed E-state index contributed by atoms with van der Waals surface area (Å²) in [5.74, 6) is 1.54. The number of furan rings is 1. The van der Waals surface area contributed by atoms with Crippen LogP contribution in [0.25, 0.3) is 16.5 Å². The lowest BCUT2D eigenvalue weighted by atomic mass is 10.1. The van der Waals surface area contributed by atoms with Crippen LogP contribution >= 0.6 is 0 Å². The predicted molar refractivity (Wildman–Crippen MR) is 124 cm³/mol. The van der Waals surface area contributed by atoms with E-state index in [1.54, 1.807) is 49.1 Å². The van der Waals surface area contributed by atoms with E-state index in [9.17, 15) is 9.59 Å². The highest BCUT2D eigenvalue weighted by Crippen LogP contribution is 2.34. The van der Waals surface area contributed by atoms with Crippen LogP contribution in [0.1, 0.15) is 51.8 Å². The van der Waals surface area contributed by atoms with Gasteiger partial charge >= 0.3 is 0 Å². The first-order valence-electron chi connectivity index (χ1n) is 11.1. The summed E-state index contributed by atoms with van der Waals surface area (Å²) in [6.07, 6.45) is 5.48. The van der Waals surface area contributed by atoms with E-state index >= 15 is 0 Å². The minimum Gasteiger partial charge on any atom is -0.460 e. The molecule has 1 aromatic carbocycles. The van der Waals surface area contributed by atoms with Crippen molar-refractivity contribution in [2.75, 3.05) is 13.6 Å². The zero-order valence-electron chi connectivity index (χ0n) is 19.1. The summed E-state index contributed by atoms with van der Waals surface area (Å²) >= 11 is 0. The fraction of sp³-hybridized carbons (Fsp3) is 0.320. The third-order valence-electron chi connectivity index (χ3n) is 6.45. The molecule has 170 valence electrons. The number of aryl methyl sites for hydroxylation is 2. The molecule has 2 amide bonds. The molecule has 5 rings (SSSR count). The standard InChI is InChI=1S/C25H26N4O4/c1-14-6-5-11-28(14)25(31)19-13-29-23(15(19)2)20(9-10-27-29)33-17-7-8-18-21(12-17)32-16(3)22(18)24(30)26-4/h7-10,12-14H,5-6,11H2,1-4H3,(H,26,30)/t14-/m1/s1. The molecule has 8 nitrogen and oxygen atoms in total. The number of hydrogen-bond donors (Lipinski definition) is 1. The Morgan fingerprint density at radius 2 is 2.06 bits per heavy atom. The maximum absolute atomic E-state index is 13.2. The van der Waals surface area contributed by atoms with Gasteiger partial charge in [0.15, 0.2) is 5.75 Å². The molecule has 4 heterocycles. The molecule has 1 N–H and O–H groups in total. The largest absolute Gasteiger partial charge is 0.460 e. The molecule has 0 unspecified atom stereocenters. The number of aromatic nitrogens is 2. The van der Waals surface area contributed by atoms with Crippen molar-refractivity contribution in [3.63, 3.8) is 0 Å². The topological polar surface area (TPSA) is 89.1 Å². The minimum atomic E-state index is -0.191. The molecule has 0 radical (unpaired) electrons. The number of carbonyl (C=O) groups excluding carboxylic acids is 2. The second-order valence-electron chi connectivity index (χ2n) is 8.52. The number of amides is 2. The third kappa shape index (κ3) is 3.42. The normalized spacial score (nSPS) is 16.0. The lowest BCUT2D eigenvalue weighted by Gasteiger charge is -2.21. The predicted octanol–water partition coefficient (Wildman–Crippen LogP) is 4.47. The number of benzene rings is 1. The number of ether oxygens (including phenoxy) is 1. The van der Waals surface area contributed by atoms with Crippen molar-refractivity contribution in [1.29, 1.82) is 0 Å². The van der Waals surface area contributed by atoms with Crippen LogP contribution in [0.2, 0.25) is 0 Å². The number of nitrogens with zero attached hydrogens (tertiary/aromatic N) is 3. The summed E-state index contributed by atoms with van der Waals surface area (Å²) in [7, 11) is 1.59.